The van der Waals surface area contributed by atoms with Gasteiger partial charge in [-0.2, -0.15) is 0 Å². The third kappa shape index (κ3) is 0.974. The second-order valence-corrected chi connectivity index (χ2v) is 3.65. The Balaban J connectivity index is 2.97. The number of thiophene rings is 1. The highest BCUT2D eigenvalue weighted by molar-refractivity contribution is 7.17. The van der Waals surface area contributed by atoms with E-state index >= 15 is 0 Å². The average Bonchev–Trinajstić information content (AvgIpc) is 2.48. The van der Waals surface area contributed by atoms with Gasteiger partial charge >= 0.3 is 0 Å². The second-order valence-electron chi connectivity index (χ2n) is 2.35. The first-order valence-electron chi connectivity index (χ1n) is 3.24. The van der Waals surface area contributed by atoms with Gasteiger partial charge in [-0.05, 0) is 11.4 Å². The predicted molar refractivity (Wildman–Crippen MR) is 48.5 cm³/mol. The molecule has 0 atom stereocenters. The molecule has 2 rings (SSSR count). The summed E-state index contributed by atoms with van der Waals surface area (Å²) in [6, 6.07) is 2.71. The minimum Gasteiger partial charge on any atom is -0.506 e. The minimum atomic E-state index is -0.583. The van der Waals surface area contributed by atoms with Crippen molar-refractivity contribution in [2.45, 2.75) is 0 Å². The van der Waals surface area contributed by atoms with Crippen LogP contribution in [0.2, 0.25) is 5.02 Å². The van der Waals surface area contributed by atoms with E-state index < -0.39 is 5.82 Å². The van der Waals surface area contributed by atoms with E-state index in [9.17, 15) is 9.50 Å². The lowest BCUT2D eigenvalue weighted by molar-refractivity contribution is 0.477. The Morgan fingerprint density at radius 2 is 2.25 bits per heavy atom. The van der Waals surface area contributed by atoms with Gasteiger partial charge in [0, 0.05) is 11.5 Å². The molecule has 0 spiro atoms. The molecule has 0 aliphatic rings. The highest BCUT2D eigenvalue weighted by Gasteiger charge is 2.10. The highest BCUT2D eigenvalue weighted by atomic mass is 35.5. The monoisotopic (exact) mass is 202 g/mol. The van der Waals surface area contributed by atoms with Crippen LogP contribution in [-0.4, -0.2) is 5.11 Å². The van der Waals surface area contributed by atoms with Crippen LogP contribution in [0.25, 0.3) is 10.1 Å². The van der Waals surface area contributed by atoms with Gasteiger partial charge in [-0.25, -0.2) is 4.39 Å². The molecule has 0 saturated carbocycles. The lowest BCUT2D eigenvalue weighted by Gasteiger charge is -1.98. The number of benzene rings is 1. The summed E-state index contributed by atoms with van der Waals surface area (Å²) in [5.74, 6) is -0.637. The van der Waals surface area contributed by atoms with Crippen molar-refractivity contribution in [3.63, 3.8) is 0 Å². The molecule has 0 saturated heterocycles. The quantitative estimate of drug-likeness (QED) is 0.694. The normalized spacial score (nSPS) is 10.8. The van der Waals surface area contributed by atoms with Gasteiger partial charge in [-0.1, -0.05) is 11.6 Å². The van der Waals surface area contributed by atoms with E-state index in [4.69, 9.17) is 11.6 Å². The number of halogens is 2. The number of aromatic hydroxyl groups is 1. The number of phenolic OH excluding ortho intramolecular Hbond substituents is 1. The molecule has 0 amide bonds. The minimum absolute atomic E-state index is 0.0538. The summed E-state index contributed by atoms with van der Waals surface area (Å²) in [5, 5.41) is 11.7. The predicted octanol–water partition coefficient (Wildman–Crippen LogP) is 3.40. The molecule has 2 aromatic rings. The molecule has 1 heterocycles. The molecule has 1 aromatic heterocycles. The number of phenols is 1. The van der Waals surface area contributed by atoms with Crippen LogP contribution in [0.3, 0.4) is 0 Å². The van der Waals surface area contributed by atoms with E-state index in [1.807, 2.05) is 0 Å². The molecule has 0 unspecified atom stereocenters. The molecule has 0 bridgehead atoms. The van der Waals surface area contributed by atoms with Crippen LogP contribution >= 0.6 is 22.9 Å². The van der Waals surface area contributed by atoms with Crippen LogP contribution in [-0.2, 0) is 0 Å². The zero-order valence-electron chi connectivity index (χ0n) is 5.84. The summed E-state index contributed by atoms with van der Waals surface area (Å²) in [6.45, 7) is 0. The third-order valence-corrected chi connectivity index (χ3v) is 2.93. The van der Waals surface area contributed by atoms with Crippen molar-refractivity contribution in [3.8, 4) is 5.75 Å². The van der Waals surface area contributed by atoms with E-state index in [1.54, 1.807) is 11.4 Å². The molecular formula is C8H4ClFOS. The Morgan fingerprint density at radius 3 is 3.00 bits per heavy atom. The Morgan fingerprint density at radius 1 is 1.50 bits per heavy atom. The molecule has 0 aliphatic carbocycles. The zero-order valence-corrected chi connectivity index (χ0v) is 7.42. The van der Waals surface area contributed by atoms with Crippen LogP contribution in [0, 0.1) is 5.82 Å². The van der Waals surface area contributed by atoms with Gasteiger partial charge in [-0.3, -0.25) is 0 Å². The van der Waals surface area contributed by atoms with Crippen molar-refractivity contribution in [2.24, 2.45) is 0 Å². The maximum atomic E-state index is 12.9. The number of hydrogen-bond acceptors (Lipinski definition) is 2. The molecular weight excluding hydrogens is 199 g/mol. The van der Waals surface area contributed by atoms with Gasteiger partial charge in [0.05, 0.1) is 9.72 Å². The maximum Gasteiger partial charge on any atom is 0.146 e. The van der Waals surface area contributed by atoms with Crippen LogP contribution in [0.5, 0.6) is 5.75 Å². The lowest BCUT2D eigenvalue weighted by atomic mass is 10.2. The van der Waals surface area contributed by atoms with Gasteiger partial charge in [0.1, 0.15) is 11.6 Å². The number of rotatable bonds is 0. The van der Waals surface area contributed by atoms with Crippen molar-refractivity contribution in [1.82, 2.24) is 0 Å². The van der Waals surface area contributed by atoms with Crippen molar-refractivity contribution in [1.29, 1.82) is 0 Å². The second kappa shape index (κ2) is 2.61. The molecule has 4 heteroatoms. The molecule has 0 aliphatic heterocycles. The largest absolute Gasteiger partial charge is 0.506 e. The van der Waals surface area contributed by atoms with Crippen molar-refractivity contribution in [3.05, 3.63) is 28.4 Å². The van der Waals surface area contributed by atoms with E-state index in [0.29, 0.717) is 10.1 Å². The first-order valence-corrected chi connectivity index (χ1v) is 4.50. The van der Waals surface area contributed by atoms with E-state index in [1.165, 1.54) is 11.3 Å². The van der Waals surface area contributed by atoms with Crippen molar-refractivity contribution in [2.75, 3.05) is 0 Å². The molecule has 1 aromatic carbocycles. The van der Waals surface area contributed by atoms with E-state index in [2.05, 4.69) is 0 Å². The van der Waals surface area contributed by atoms with Crippen molar-refractivity contribution >= 4 is 33.0 Å². The molecule has 12 heavy (non-hydrogen) atoms. The highest BCUT2D eigenvalue weighted by Crippen LogP contribution is 2.36. The molecule has 0 radical (unpaired) electrons. The smallest absolute Gasteiger partial charge is 0.146 e. The fraction of sp³-hybridized carbons (Fsp3) is 0. The standard InChI is InChI=1S/C8H4ClFOS/c9-7-4-1-2-12-8(4)6(11)3-5(7)10/h1-3,11H. The Kier molecular flexibility index (Phi) is 1.70. The van der Waals surface area contributed by atoms with Gasteiger partial charge in [-0.15, -0.1) is 11.3 Å². The fourth-order valence-electron chi connectivity index (χ4n) is 1.06. The first-order chi connectivity index (χ1) is 5.70. The van der Waals surface area contributed by atoms with Crippen LogP contribution in [0.15, 0.2) is 17.5 Å². The van der Waals surface area contributed by atoms with Crippen LogP contribution < -0.4 is 0 Å². The van der Waals surface area contributed by atoms with Crippen LogP contribution in [0.4, 0.5) is 4.39 Å². The molecule has 1 nitrogen and oxygen atoms in total. The fourth-order valence-corrected chi connectivity index (χ4v) is 2.14. The number of hydrogen-bond donors (Lipinski definition) is 1. The van der Waals surface area contributed by atoms with Crippen molar-refractivity contribution < 1.29 is 9.50 Å². The zero-order chi connectivity index (χ0) is 8.72. The summed E-state index contributed by atoms with van der Waals surface area (Å²) >= 11 is 7.00. The summed E-state index contributed by atoms with van der Waals surface area (Å²) in [6.07, 6.45) is 0. The van der Waals surface area contributed by atoms with Gasteiger partial charge in [0.15, 0.2) is 0 Å². The summed E-state index contributed by atoms with van der Waals surface area (Å²) in [5.41, 5.74) is 0. The number of fused-ring (bicyclic) bond motifs is 1. The summed E-state index contributed by atoms with van der Waals surface area (Å²) in [4.78, 5) is 0. The lowest BCUT2D eigenvalue weighted by Crippen LogP contribution is -1.76. The topological polar surface area (TPSA) is 20.2 Å². The molecule has 62 valence electrons. The maximum absolute atomic E-state index is 12.9. The third-order valence-electron chi connectivity index (χ3n) is 1.61. The van der Waals surface area contributed by atoms with Crippen LogP contribution in [0.1, 0.15) is 0 Å². The SMILES string of the molecule is Oc1cc(F)c(Cl)c2ccsc12. The van der Waals surface area contributed by atoms with E-state index in [-0.39, 0.29) is 10.8 Å². The molecule has 1 N–H and O–H groups in total. The Bertz CT molecular complexity index is 438. The first kappa shape index (κ1) is 7.83. The Labute approximate surface area is 77.0 Å². The van der Waals surface area contributed by atoms with Gasteiger partial charge < -0.3 is 5.11 Å². The van der Waals surface area contributed by atoms with E-state index in [0.717, 1.165) is 6.07 Å². The molecule has 0 fully saturated rings. The summed E-state index contributed by atoms with van der Waals surface area (Å²) in [7, 11) is 0. The average molecular weight is 203 g/mol. The van der Waals surface area contributed by atoms with Gasteiger partial charge in [0.25, 0.3) is 0 Å². The summed E-state index contributed by atoms with van der Waals surface area (Å²) < 4.78 is 13.5. The Hall–Kier alpha value is -0.800. The van der Waals surface area contributed by atoms with Gasteiger partial charge in [0.2, 0.25) is 0 Å².